The van der Waals surface area contributed by atoms with Crippen LogP contribution in [0.5, 0.6) is 0 Å². The summed E-state index contributed by atoms with van der Waals surface area (Å²) in [5.74, 6) is -0.433. The number of nitrogens with zero attached hydrogens (tertiary/aromatic N) is 1. The van der Waals surface area contributed by atoms with Crippen LogP contribution >= 0.6 is 11.3 Å². The molecule has 0 saturated heterocycles. The van der Waals surface area contributed by atoms with Crippen LogP contribution in [-0.4, -0.2) is 26.5 Å². The molecular weight excluding hydrogens is 417 g/mol. The Kier molecular flexibility index (Phi) is 6.02. The first kappa shape index (κ1) is 22.0. The number of nitrogens with one attached hydrogen (secondary N) is 2. The standard InChI is InChI=1S/C20H21F3N4O2S/c1-19(2,24)16(18-25-9-13(10-28)30-18)27-17(29)15-8-7-14(26-15)11-3-5-12(6-4-11)20(21,22)23/h3-9,16,26,28H,10,24H2,1-2H3,(H,27,29)/t16-/m0/s1. The third kappa shape index (κ3) is 4.89. The summed E-state index contributed by atoms with van der Waals surface area (Å²) in [6.45, 7) is 3.34. The van der Waals surface area contributed by atoms with E-state index in [0.717, 1.165) is 12.1 Å². The van der Waals surface area contributed by atoms with Crippen LogP contribution in [0.25, 0.3) is 11.3 Å². The Balaban J connectivity index is 1.79. The lowest BCUT2D eigenvalue weighted by atomic mass is 9.96. The first-order valence-corrected chi connectivity index (χ1v) is 9.82. The molecule has 0 radical (unpaired) electrons. The Morgan fingerprint density at radius 1 is 1.23 bits per heavy atom. The highest BCUT2D eigenvalue weighted by Crippen LogP contribution is 2.31. The fraction of sp³-hybridized carbons (Fsp3) is 0.300. The van der Waals surface area contributed by atoms with Gasteiger partial charge in [-0.3, -0.25) is 4.79 Å². The fourth-order valence-corrected chi connectivity index (χ4v) is 3.86. The van der Waals surface area contributed by atoms with Crippen LogP contribution in [0, 0.1) is 0 Å². The lowest BCUT2D eigenvalue weighted by Crippen LogP contribution is -2.48. The van der Waals surface area contributed by atoms with Crippen molar-refractivity contribution < 1.29 is 23.1 Å². The molecule has 0 fully saturated rings. The number of hydrogen-bond donors (Lipinski definition) is 4. The smallest absolute Gasteiger partial charge is 0.391 e. The normalized spacial score (nSPS) is 13.3. The Bertz CT molecular complexity index is 1020. The van der Waals surface area contributed by atoms with Gasteiger partial charge in [0.15, 0.2) is 0 Å². The van der Waals surface area contributed by atoms with Crippen molar-refractivity contribution in [2.45, 2.75) is 38.2 Å². The Labute approximate surface area is 175 Å². The second-order valence-electron chi connectivity index (χ2n) is 7.41. The Hall–Kier alpha value is -2.69. The van der Waals surface area contributed by atoms with Crippen LogP contribution in [0.4, 0.5) is 13.2 Å². The number of aliphatic hydroxyl groups is 1. The third-order valence-corrected chi connectivity index (χ3v) is 5.49. The van der Waals surface area contributed by atoms with E-state index in [1.54, 1.807) is 26.0 Å². The zero-order valence-electron chi connectivity index (χ0n) is 16.2. The molecule has 0 unspecified atom stereocenters. The van der Waals surface area contributed by atoms with Crippen molar-refractivity contribution in [2.24, 2.45) is 5.73 Å². The van der Waals surface area contributed by atoms with Gasteiger partial charge in [-0.1, -0.05) is 12.1 Å². The van der Waals surface area contributed by atoms with Crippen LogP contribution in [0.1, 0.15) is 45.8 Å². The van der Waals surface area contributed by atoms with Crippen LogP contribution in [0.15, 0.2) is 42.6 Å². The van der Waals surface area contributed by atoms with Gasteiger partial charge >= 0.3 is 6.18 Å². The number of nitrogens with two attached hydrogens (primary N) is 1. The zero-order chi connectivity index (χ0) is 22.1. The Morgan fingerprint density at radius 3 is 2.43 bits per heavy atom. The minimum absolute atomic E-state index is 0.156. The molecule has 3 aromatic rings. The summed E-state index contributed by atoms with van der Waals surface area (Å²) in [5, 5.41) is 12.7. The largest absolute Gasteiger partial charge is 0.416 e. The van der Waals surface area contributed by atoms with Gasteiger partial charge < -0.3 is 21.1 Å². The maximum Gasteiger partial charge on any atom is 0.416 e. The molecule has 0 aliphatic rings. The van der Waals surface area contributed by atoms with E-state index < -0.39 is 29.2 Å². The predicted octanol–water partition coefficient (Wildman–Crippen LogP) is 3.86. The highest BCUT2D eigenvalue weighted by molar-refractivity contribution is 7.11. The van der Waals surface area contributed by atoms with Crippen molar-refractivity contribution in [1.29, 1.82) is 0 Å². The molecule has 3 rings (SSSR count). The van der Waals surface area contributed by atoms with E-state index in [2.05, 4.69) is 15.3 Å². The van der Waals surface area contributed by atoms with E-state index in [4.69, 9.17) is 5.73 Å². The summed E-state index contributed by atoms with van der Waals surface area (Å²) >= 11 is 1.25. The number of halogens is 3. The van der Waals surface area contributed by atoms with Crippen molar-refractivity contribution in [3.05, 3.63) is 63.7 Å². The van der Waals surface area contributed by atoms with E-state index in [0.29, 0.717) is 21.1 Å². The van der Waals surface area contributed by atoms with Gasteiger partial charge in [0, 0.05) is 17.4 Å². The van der Waals surface area contributed by atoms with Crippen molar-refractivity contribution in [1.82, 2.24) is 15.3 Å². The first-order valence-electron chi connectivity index (χ1n) is 9.01. The molecule has 2 aromatic heterocycles. The number of carbonyl (C=O) groups excluding carboxylic acids is 1. The monoisotopic (exact) mass is 438 g/mol. The van der Waals surface area contributed by atoms with Gasteiger partial charge in [0.2, 0.25) is 0 Å². The molecule has 6 nitrogen and oxygen atoms in total. The van der Waals surface area contributed by atoms with E-state index in [1.807, 2.05) is 0 Å². The number of alkyl halides is 3. The zero-order valence-corrected chi connectivity index (χ0v) is 17.1. The number of benzene rings is 1. The lowest BCUT2D eigenvalue weighted by molar-refractivity contribution is -0.137. The molecule has 5 N–H and O–H groups in total. The van der Waals surface area contributed by atoms with E-state index in [9.17, 15) is 23.1 Å². The molecule has 1 aromatic carbocycles. The number of H-pyrrole nitrogens is 1. The average molecular weight is 438 g/mol. The van der Waals surface area contributed by atoms with E-state index in [1.165, 1.54) is 29.7 Å². The minimum Gasteiger partial charge on any atom is -0.391 e. The number of amides is 1. The quantitative estimate of drug-likeness (QED) is 0.469. The molecule has 160 valence electrons. The van der Waals surface area contributed by atoms with Gasteiger partial charge in [-0.05, 0) is 43.7 Å². The first-order chi connectivity index (χ1) is 14.0. The molecular formula is C20H21F3N4O2S. The highest BCUT2D eigenvalue weighted by Gasteiger charge is 2.32. The molecule has 10 heteroatoms. The average Bonchev–Trinajstić information content (AvgIpc) is 3.34. The number of rotatable bonds is 6. The summed E-state index contributed by atoms with van der Waals surface area (Å²) in [4.78, 5) is 20.6. The maximum atomic E-state index is 12.8. The van der Waals surface area contributed by atoms with Gasteiger partial charge in [-0.15, -0.1) is 11.3 Å². The van der Waals surface area contributed by atoms with Crippen molar-refractivity contribution >= 4 is 17.2 Å². The summed E-state index contributed by atoms with van der Waals surface area (Å²) in [7, 11) is 0. The molecule has 0 aliphatic heterocycles. The second-order valence-corrected chi connectivity index (χ2v) is 8.56. The van der Waals surface area contributed by atoms with Crippen molar-refractivity contribution in [3.8, 4) is 11.3 Å². The minimum atomic E-state index is -4.41. The Morgan fingerprint density at radius 2 is 1.90 bits per heavy atom. The molecule has 2 heterocycles. The number of aromatic nitrogens is 2. The number of aliphatic hydroxyl groups excluding tert-OH is 1. The second kappa shape index (κ2) is 8.21. The van der Waals surface area contributed by atoms with Crippen LogP contribution in [0.2, 0.25) is 0 Å². The van der Waals surface area contributed by atoms with Crippen molar-refractivity contribution in [3.63, 3.8) is 0 Å². The van der Waals surface area contributed by atoms with Gasteiger partial charge in [-0.25, -0.2) is 4.98 Å². The van der Waals surface area contributed by atoms with Crippen LogP contribution in [0.3, 0.4) is 0 Å². The van der Waals surface area contributed by atoms with E-state index in [-0.39, 0.29) is 12.3 Å². The number of thiazole rings is 1. The molecule has 1 atom stereocenters. The molecule has 0 bridgehead atoms. The summed E-state index contributed by atoms with van der Waals surface area (Å²) in [6, 6.07) is 7.22. The molecule has 0 saturated carbocycles. The summed E-state index contributed by atoms with van der Waals surface area (Å²) in [5.41, 5.74) is 5.91. The molecule has 0 spiro atoms. The van der Waals surface area contributed by atoms with Gasteiger partial charge in [-0.2, -0.15) is 13.2 Å². The van der Waals surface area contributed by atoms with Gasteiger partial charge in [0.1, 0.15) is 10.7 Å². The van der Waals surface area contributed by atoms with Gasteiger partial charge in [0.25, 0.3) is 5.91 Å². The van der Waals surface area contributed by atoms with Crippen LogP contribution in [-0.2, 0) is 12.8 Å². The number of carbonyl (C=O) groups is 1. The third-order valence-electron chi connectivity index (χ3n) is 4.45. The lowest BCUT2D eigenvalue weighted by Gasteiger charge is -2.29. The predicted molar refractivity (Wildman–Crippen MR) is 108 cm³/mol. The van der Waals surface area contributed by atoms with Crippen LogP contribution < -0.4 is 11.1 Å². The van der Waals surface area contributed by atoms with Crippen molar-refractivity contribution in [2.75, 3.05) is 0 Å². The fourth-order valence-electron chi connectivity index (χ4n) is 2.84. The summed E-state index contributed by atoms with van der Waals surface area (Å²) in [6.07, 6.45) is -2.88. The molecule has 30 heavy (non-hydrogen) atoms. The number of hydrogen-bond acceptors (Lipinski definition) is 5. The maximum absolute atomic E-state index is 12.8. The molecule has 1 amide bonds. The SMILES string of the molecule is CC(C)(N)[C@@H](NC(=O)c1ccc(-c2ccc(C(F)(F)F)cc2)[nH]1)c1ncc(CO)s1. The van der Waals surface area contributed by atoms with E-state index >= 15 is 0 Å². The van der Waals surface area contributed by atoms with Gasteiger partial charge in [0.05, 0.1) is 23.1 Å². The topological polar surface area (TPSA) is 104 Å². The number of aromatic amines is 1. The summed E-state index contributed by atoms with van der Waals surface area (Å²) < 4.78 is 38.2. The molecule has 0 aliphatic carbocycles. The highest BCUT2D eigenvalue weighted by atomic mass is 32.1.